The molecule has 1 N–H and O–H groups in total. The van der Waals surface area contributed by atoms with Crippen molar-refractivity contribution in [3.05, 3.63) is 58.4 Å². The number of hydrogen-bond acceptors (Lipinski definition) is 3. The second-order valence-corrected chi connectivity index (χ2v) is 7.96. The molecule has 26 heavy (non-hydrogen) atoms. The number of carbonyl (C=O) groups excluding carboxylic acids is 1. The van der Waals surface area contributed by atoms with Gasteiger partial charge in [0.25, 0.3) is 5.91 Å². The summed E-state index contributed by atoms with van der Waals surface area (Å²) in [7, 11) is -3.81. The lowest BCUT2D eigenvalue weighted by atomic mass is 10.1. The molecule has 0 heterocycles. The minimum atomic E-state index is -3.81. The van der Waals surface area contributed by atoms with Crippen molar-refractivity contribution in [3.8, 4) is 0 Å². The van der Waals surface area contributed by atoms with E-state index in [9.17, 15) is 17.6 Å². The summed E-state index contributed by atoms with van der Waals surface area (Å²) < 4.78 is 40.1. The number of halogens is 2. The minimum absolute atomic E-state index is 0.0374. The third-order valence-corrected chi connectivity index (χ3v) is 6.50. The fourth-order valence-corrected chi connectivity index (χ4v) is 4.43. The largest absolute Gasteiger partial charge is 0.322 e. The van der Waals surface area contributed by atoms with Crippen LogP contribution in [0, 0.1) is 12.7 Å². The van der Waals surface area contributed by atoms with E-state index in [4.69, 9.17) is 11.6 Å². The van der Waals surface area contributed by atoms with Crippen molar-refractivity contribution in [2.45, 2.75) is 25.7 Å². The number of amides is 1. The van der Waals surface area contributed by atoms with Gasteiger partial charge >= 0.3 is 0 Å². The molecule has 0 aliphatic rings. The fourth-order valence-electron chi connectivity index (χ4n) is 2.47. The van der Waals surface area contributed by atoms with E-state index in [-0.39, 0.29) is 28.6 Å². The third-order valence-electron chi connectivity index (χ3n) is 3.96. The molecule has 0 saturated heterocycles. The summed E-state index contributed by atoms with van der Waals surface area (Å²) in [5, 5.41) is 2.63. The molecule has 5 nitrogen and oxygen atoms in total. The van der Waals surface area contributed by atoms with Gasteiger partial charge in [-0.05, 0) is 42.8 Å². The second kappa shape index (κ2) is 8.16. The van der Waals surface area contributed by atoms with Crippen LogP contribution in [-0.2, 0) is 10.0 Å². The molecule has 0 spiro atoms. The normalized spacial score (nSPS) is 11.6. The number of hydrogen-bond donors (Lipinski definition) is 1. The molecule has 0 unspecified atom stereocenters. The molecule has 2 rings (SSSR count). The predicted molar refractivity (Wildman–Crippen MR) is 101 cm³/mol. The van der Waals surface area contributed by atoms with Crippen LogP contribution in [0.5, 0.6) is 0 Å². The lowest BCUT2D eigenvalue weighted by Gasteiger charge is -2.19. The summed E-state index contributed by atoms with van der Waals surface area (Å²) in [6, 6.07) is 8.07. The highest BCUT2D eigenvalue weighted by molar-refractivity contribution is 7.89. The van der Waals surface area contributed by atoms with Gasteiger partial charge in [0, 0.05) is 24.3 Å². The average Bonchev–Trinajstić information content (AvgIpc) is 2.59. The van der Waals surface area contributed by atoms with Crippen LogP contribution in [0.2, 0.25) is 5.02 Å². The summed E-state index contributed by atoms with van der Waals surface area (Å²) in [4.78, 5) is 12.4. The molecule has 0 saturated carbocycles. The van der Waals surface area contributed by atoms with Gasteiger partial charge in [0.05, 0.1) is 5.02 Å². The molecule has 0 aliphatic carbocycles. The van der Waals surface area contributed by atoms with Crippen LogP contribution >= 0.6 is 11.6 Å². The molecule has 2 aromatic rings. The number of sulfonamides is 1. The highest BCUT2D eigenvalue weighted by atomic mass is 35.5. The Bertz CT molecular complexity index is 928. The summed E-state index contributed by atoms with van der Waals surface area (Å²) >= 11 is 6.06. The maximum absolute atomic E-state index is 13.4. The van der Waals surface area contributed by atoms with Crippen molar-refractivity contribution in [2.24, 2.45) is 0 Å². The zero-order chi connectivity index (χ0) is 19.5. The molecule has 0 atom stereocenters. The third kappa shape index (κ3) is 4.23. The Labute approximate surface area is 157 Å². The predicted octanol–water partition coefficient (Wildman–Crippen LogP) is 4.07. The molecule has 2 aromatic carbocycles. The second-order valence-electron chi connectivity index (χ2n) is 5.65. The van der Waals surface area contributed by atoms with Gasteiger partial charge in [-0.3, -0.25) is 4.79 Å². The van der Waals surface area contributed by atoms with Crippen LogP contribution in [0.3, 0.4) is 0 Å². The van der Waals surface area contributed by atoms with Crippen LogP contribution in [0.15, 0.2) is 41.3 Å². The van der Waals surface area contributed by atoms with E-state index in [0.29, 0.717) is 11.3 Å². The van der Waals surface area contributed by atoms with Gasteiger partial charge in [-0.1, -0.05) is 31.5 Å². The van der Waals surface area contributed by atoms with E-state index in [2.05, 4.69) is 5.32 Å². The van der Waals surface area contributed by atoms with Crippen LogP contribution < -0.4 is 5.32 Å². The SMILES string of the molecule is CCN(CC)S(=O)(=O)c1cc(C(=O)Nc2cc(F)ccc2C)ccc1Cl. The highest BCUT2D eigenvalue weighted by Crippen LogP contribution is 2.26. The zero-order valence-corrected chi connectivity index (χ0v) is 16.3. The Kier molecular flexibility index (Phi) is 6.39. The van der Waals surface area contributed by atoms with Crippen molar-refractivity contribution >= 4 is 33.2 Å². The number of benzene rings is 2. The number of anilines is 1. The smallest absolute Gasteiger partial charge is 0.255 e. The topological polar surface area (TPSA) is 66.5 Å². The van der Waals surface area contributed by atoms with Gasteiger partial charge in [0.15, 0.2) is 0 Å². The van der Waals surface area contributed by atoms with Crippen molar-refractivity contribution < 1.29 is 17.6 Å². The quantitative estimate of drug-likeness (QED) is 0.797. The van der Waals surface area contributed by atoms with Gasteiger partial charge in [-0.25, -0.2) is 12.8 Å². The first-order chi connectivity index (χ1) is 12.2. The first-order valence-corrected chi connectivity index (χ1v) is 9.89. The lowest BCUT2D eigenvalue weighted by molar-refractivity contribution is 0.102. The van der Waals surface area contributed by atoms with Gasteiger partial charge in [-0.2, -0.15) is 4.31 Å². The Morgan fingerprint density at radius 2 is 1.81 bits per heavy atom. The molecule has 0 bridgehead atoms. The highest BCUT2D eigenvalue weighted by Gasteiger charge is 2.25. The van der Waals surface area contributed by atoms with Gasteiger partial charge in [-0.15, -0.1) is 0 Å². The first-order valence-electron chi connectivity index (χ1n) is 8.07. The van der Waals surface area contributed by atoms with Gasteiger partial charge < -0.3 is 5.32 Å². The standard InChI is InChI=1S/C18H20ClFN2O3S/c1-4-22(5-2)26(24,25)17-10-13(7-9-15(17)19)18(23)21-16-11-14(20)8-6-12(16)3/h6-11H,4-5H2,1-3H3,(H,21,23). The average molecular weight is 399 g/mol. The van der Waals surface area contributed by atoms with E-state index in [1.165, 1.54) is 34.6 Å². The number of aryl methyl sites for hydroxylation is 1. The number of nitrogens with zero attached hydrogens (tertiary/aromatic N) is 1. The van der Waals surface area contributed by atoms with Crippen molar-refractivity contribution in [3.63, 3.8) is 0 Å². The van der Waals surface area contributed by atoms with E-state index < -0.39 is 21.7 Å². The maximum Gasteiger partial charge on any atom is 0.255 e. The molecule has 0 radical (unpaired) electrons. The molecular formula is C18H20ClFN2O3S. The zero-order valence-electron chi connectivity index (χ0n) is 14.7. The Morgan fingerprint density at radius 3 is 2.42 bits per heavy atom. The summed E-state index contributed by atoms with van der Waals surface area (Å²) in [5.74, 6) is -1.03. The van der Waals surface area contributed by atoms with E-state index in [1.807, 2.05) is 0 Å². The summed E-state index contributed by atoms with van der Waals surface area (Å²) in [6.45, 7) is 5.74. The van der Waals surface area contributed by atoms with E-state index in [0.717, 1.165) is 0 Å². The summed E-state index contributed by atoms with van der Waals surface area (Å²) in [5.41, 5.74) is 1.12. The number of nitrogens with one attached hydrogen (secondary N) is 1. The van der Waals surface area contributed by atoms with E-state index >= 15 is 0 Å². The maximum atomic E-state index is 13.4. The molecule has 0 aromatic heterocycles. The van der Waals surface area contributed by atoms with Gasteiger partial charge in [0.1, 0.15) is 10.7 Å². The number of carbonyl (C=O) groups is 1. The molecule has 1 amide bonds. The van der Waals surface area contributed by atoms with Gasteiger partial charge in [0.2, 0.25) is 10.0 Å². The Morgan fingerprint density at radius 1 is 1.15 bits per heavy atom. The van der Waals surface area contributed by atoms with Crippen molar-refractivity contribution in [1.82, 2.24) is 4.31 Å². The molecule has 8 heteroatoms. The monoisotopic (exact) mass is 398 g/mol. The summed E-state index contributed by atoms with van der Waals surface area (Å²) in [6.07, 6.45) is 0. The lowest BCUT2D eigenvalue weighted by Crippen LogP contribution is -2.31. The fraction of sp³-hybridized carbons (Fsp3) is 0.278. The van der Waals surface area contributed by atoms with Crippen LogP contribution in [-0.4, -0.2) is 31.7 Å². The van der Waals surface area contributed by atoms with Crippen LogP contribution in [0.4, 0.5) is 10.1 Å². The van der Waals surface area contributed by atoms with Crippen molar-refractivity contribution in [1.29, 1.82) is 0 Å². The van der Waals surface area contributed by atoms with E-state index in [1.54, 1.807) is 26.8 Å². The Balaban J connectivity index is 2.40. The van der Waals surface area contributed by atoms with Crippen LogP contribution in [0.1, 0.15) is 29.8 Å². The number of rotatable bonds is 6. The molecule has 0 fully saturated rings. The first kappa shape index (κ1) is 20.4. The Hall–Kier alpha value is -1.96. The minimum Gasteiger partial charge on any atom is -0.322 e. The molecular weight excluding hydrogens is 379 g/mol. The molecule has 0 aliphatic heterocycles. The van der Waals surface area contributed by atoms with Crippen molar-refractivity contribution in [2.75, 3.05) is 18.4 Å². The van der Waals surface area contributed by atoms with Crippen LogP contribution in [0.25, 0.3) is 0 Å². The molecule has 140 valence electrons.